The molecule has 0 saturated carbocycles. The van der Waals surface area contributed by atoms with Crippen molar-refractivity contribution < 1.29 is 4.74 Å². The van der Waals surface area contributed by atoms with Crippen molar-refractivity contribution in [1.29, 1.82) is 0 Å². The van der Waals surface area contributed by atoms with Crippen LogP contribution < -0.4 is 10.1 Å². The Morgan fingerprint density at radius 3 is 2.90 bits per heavy atom. The fourth-order valence-electron chi connectivity index (χ4n) is 2.40. The minimum atomic E-state index is -0.0970. The average Bonchev–Trinajstić information content (AvgIpc) is 2.86. The van der Waals surface area contributed by atoms with E-state index in [0.29, 0.717) is 10.9 Å². The van der Waals surface area contributed by atoms with E-state index in [-0.39, 0.29) is 6.04 Å². The molecule has 0 aliphatic carbocycles. The number of pyridine rings is 1. The van der Waals surface area contributed by atoms with Crippen molar-refractivity contribution in [2.75, 3.05) is 13.7 Å². The van der Waals surface area contributed by atoms with Crippen molar-refractivity contribution in [3.05, 3.63) is 40.8 Å². The minimum Gasteiger partial charge on any atom is -0.481 e. The van der Waals surface area contributed by atoms with Crippen LogP contribution in [0.3, 0.4) is 0 Å². The summed E-state index contributed by atoms with van der Waals surface area (Å²) in [6, 6.07) is 3.80. The van der Waals surface area contributed by atoms with E-state index in [0.717, 1.165) is 30.8 Å². The lowest BCUT2D eigenvalue weighted by Gasteiger charge is -2.21. The number of halogens is 1. The Labute approximate surface area is 130 Å². The molecule has 21 heavy (non-hydrogen) atoms. The van der Waals surface area contributed by atoms with E-state index in [9.17, 15) is 0 Å². The molecule has 0 aliphatic rings. The van der Waals surface area contributed by atoms with Crippen LogP contribution in [0.15, 0.2) is 24.5 Å². The zero-order chi connectivity index (χ0) is 15.2. The van der Waals surface area contributed by atoms with E-state index < -0.39 is 0 Å². The number of nitrogens with one attached hydrogen (secondary N) is 1. The van der Waals surface area contributed by atoms with Gasteiger partial charge in [-0.05, 0) is 19.0 Å². The molecule has 0 amide bonds. The van der Waals surface area contributed by atoms with Crippen molar-refractivity contribution >= 4 is 11.6 Å². The van der Waals surface area contributed by atoms with Crippen LogP contribution in [0.1, 0.15) is 37.6 Å². The monoisotopic (exact) mass is 308 g/mol. The average molecular weight is 309 g/mol. The van der Waals surface area contributed by atoms with Gasteiger partial charge in [0.25, 0.3) is 0 Å². The Morgan fingerprint density at radius 2 is 2.24 bits per heavy atom. The molecular weight excluding hydrogens is 288 g/mol. The number of aromatic nitrogens is 3. The number of methoxy groups -OCH3 is 1. The topological polar surface area (TPSA) is 52.0 Å². The van der Waals surface area contributed by atoms with Crippen LogP contribution in [0.25, 0.3) is 0 Å². The lowest BCUT2D eigenvalue weighted by atomic mass is 10.0. The fourth-order valence-corrected chi connectivity index (χ4v) is 2.65. The van der Waals surface area contributed by atoms with Gasteiger partial charge in [-0.3, -0.25) is 4.68 Å². The Kier molecular flexibility index (Phi) is 5.59. The van der Waals surface area contributed by atoms with E-state index >= 15 is 0 Å². The smallest absolute Gasteiger partial charge is 0.218 e. The van der Waals surface area contributed by atoms with Crippen LogP contribution in [0, 0.1) is 0 Å². The van der Waals surface area contributed by atoms with Gasteiger partial charge in [-0.15, -0.1) is 0 Å². The first-order valence-corrected chi connectivity index (χ1v) is 7.54. The molecule has 2 aromatic rings. The molecule has 0 bridgehead atoms. The highest BCUT2D eigenvalue weighted by Crippen LogP contribution is 2.32. The highest BCUT2D eigenvalue weighted by molar-refractivity contribution is 6.31. The van der Waals surface area contributed by atoms with Gasteiger partial charge in [0.1, 0.15) is 0 Å². The maximum absolute atomic E-state index is 6.37. The summed E-state index contributed by atoms with van der Waals surface area (Å²) >= 11 is 6.37. The maximum Gasteiger partial charge on any atom is 0.218 e. The SMILES string of the molecule is CCCn1ncc(Cl)c1C(NCC)c1cccnc1OC. The first kappa shape index (κ1) is 15.8. The molecule has 1 atom stereocenters. The predicted octanol–water partition coefficient (Wildman–Crippen LogP) is 3.05. The highest BCUT2D eigenvalue weighted by atomic mass is 35.5. The first-order valence-electron chi connectivity index (χ1n) is 7.16. The molecule has 6 heteroatoms. The highest BCUT2D eigenvalue weighted by Gasteiger charge is 2.24. The van der Waals surface area contributed by atoms with E-state index in [1.54, 1.807) is 19.5 Å². The third-order valence-corrected chi connectivity index (χ3v) is 3.55. The molecule has 2 rings (SSSR count). The van der Waals surface area contributed by atoms with Gasteiger partial charge >= 0.3 is 0 Å². The zero-order valence-electron chi connectivity index (χ0n) is 12.6. The van der Waals surface area contributed by atoms with Crippen molar-refractivity contribution in [1.82, 2.24) is 20.1 Å². The Hall–Kier alpha value is -1.59. The zero-order valence-corrected chi connectivity index (χ0v) is 13.4. The molecule has 2 heterocycles. The molecule has 114 valence electrons. The predicted molar refractivity (Wildman–Crippen MR) is 83.8 cm³/mol. The van der Waals surface area contributed by atoms with Crippen molar-refractivity contribution in [3.63, 3.8) is 0 Å². The van der Waals surface area contributed by atoms with Crippen LogP contribution in [0.5, 0.6) is 5.88 Å². The van der Waals surface area contributed by atoms with Gasteiger partial charge in [-0.25, -0.2) is 4.98 Å². The second kappa shape index (κ2) is 7.43. The van der Waals surface area contributed by atoms with Crippen LogP contribution >= 0.6 is 11.6 Å². The molecular formula is C15H21ClN4O. The van der Waals surface area contributed by atoms with Gasteiger partial charge in [0.2, 0.25) is 5.88 Å². The molecule has 0 radical (unpaired) electrons. The minimum absolute atomic E-state index is 0.0970. The fraction of sp³-hybridized carbons (Fsp3) is 0.467. The Morgan fingerprint density at radius 1 is 1.43 bits per heavy atom. The van der Waals surface area contributed by atoms with Gasteiger partial charge in [0, 0.05) is 18.3 Å². The first-order chi connectivity index (χ1) is 10.2. The van der Waals surface area contributed by atoms with Gasteiger partial charge in [0.15, 0.2) is 0 Å². The normalized spacial score (nSPS) is 12.4. The van der Waals surface area contributed by atoms with Crippen LogP contribution in [-0.2, 0) is 6.54 Å². The molecule has 1 N–H and O–H groups in total. The standard InChI is InChI=1S/C15H21ClN4O/c1-4-9-20-14(12(16)10-19-20)13(17-5-2)11-7-6-8-18-15(11)21-3/h6-8,10,13,17H,4-5,9H2,1-3H3. The summed E-state index contributed by atoms with van der Waals surface area (Å²) in [7, 11) is 1.62. The second-order valence-electron chi connectivity index (χ2n) is 4.69. The molecule has 1 unspecified atom stereocenters. The summed E-state index contributed by atoms with van der Waals surface area (Å²) in [5, 5.41) is 8.48. The summed E-state index contributed by atoms with van der Waals surface area (Å²) in [5.41, 5.74) is 1.91. The van der Waals surface area contributed by atoms with Crippen molar-refractivity contribution in [2.45, 2.75) is 32.9 Å². The van der Waals surface area contributed by atoms with Crippen LogP contribution in [-0.4, -0.2) is 28.4 Å². The number of hydrogen-bond acceptors (Lipinski definition) is 4. The van der Waals surface area contributed by atoms with Crippen molar-refractivity contribution in [3.8, 4) is 5.88 Å². The lowest BCUT2D eigenvalue weighted by molar-refractivity contribution is 0.385. The summed E-state index contributed by atoms with van der Waals surface area (Å²) in [4.78, 5) is 4.28. The van der Waals surface area contributed by atoms with Crippen LogP contribution in [0.4, 0.5) is 0 Å². The van der Waals surface area contributed by atoms with E-state index in [1.807, 2.05) is 16.8 Å². The Bertz CT molecular complexity index is 585. The molecule has 0 fully saturated rings. The van der Waals surface area contributed by atoms with Gasteiger partial charge in [-0.1, -0.05) is 31.5 Å². The van der Waals surface area contributed by atoms with Gasteiger partial charge < -0.3 is 10.1 Å². The molecule has 5 nitrogen and oxygen atoms in total. The Balaban J connectivity index is 2.51. The number of nitrogens with zero attached hydrogens (tertiary/aromatic N) is 3. The third kappa shape index (κ3) is 3.36. The summed E-state index contributed by atoms with van der Waals surface area (Å²) < 4.78 is 7.33. The van der Waals surface area contributed by atoms with E-state index in [1.165, 1.54) is 0 Å². The van der Waals surface area contributed by atoms with Gasteiger partial charge in [-0.2, -0.15) is 5.10 Å². The molecule has 0 saturated heterocycles. The number of aryl methyl sites for hydroxylation is 1. The maximum atomic E-state index is 6.37. The van der Waals surface area contributed by atoms with E-state index in [4.69, 9.17) is 16.3 Å². The number of rotatable bonds is 7. The van der Waals surface area contributed by atoms with Crippen LogP contribution in [0.2, 0.25) is 5.02 Å². The number of ether oxygens (including phenoxy) is 1. The molecule has 0 spiro atoms. The molecule has 2 aromatic heterocycles. The number of hydrogen-bond donors (Lipinski definition) is 1. The summed E-state index contributed by atoms with van der Waals surface area (Å²) in [6.07, 6.45) is 4.41. The van der Waals surface area contributed by atoms with Crippen molar-refractivity contribution in [2.24, 2.45) is 0 Å². The second-order valence-corrected chi connectivity index (χ2v) is 5.10. The largest absolute Gasteiger partial charge is 0.481 e. The lowest BCUT2D eigenvalue weighted by Crippen LogP contribution is -2.26. The van der Waals surface area contributed by atoms with Gasteiger partial charge in [0.05, 0.1) is 30.1 Å². The summed E-state index contributed by atoms with van der Waals surface area (Å²) in [5.74, 6) is 0.601. The molecule has 0 aliphatic heterocycles. The van der Waals surface area contributed by atoms with E-state index in [2.05, 4.69) is 29.2 Å². The quantitative estimate of drug-likeness (QED) is 0.854. The third-order valence-electron chi connectivity index (χ3n) is 3.26. The molecule has 0 aromatic carbocycles. The summed E-state index contributed by atoms with van der Waals surface area (Å²) in [6.45, 7) is 5.80.